The van der Waals surface area contributed by atoms with Gasteiger partial charge in [0.15, 0.2) is 5.75 Å². The number of aromatic hydroxyl groups is 1. The number of nitrogens with one attached hydrogen (secondary N) is 1. The van der Waals surface area contributed by atoms with Crippen molar-refractivity contribution in [2.75, 3.05) is 4.90 Å². The zero-order chi connectivity index (χ0) is 17.5. The molecule has 25 heavy (non-hydrogen) atoms. The van der Waals surface area contributed by atoms with Gasteiger partial charge in [-0.05, 0) is 36.4 Å². The Labute approximate surface area is 145 Å². The molecule has 0 aliphatic heterocycles. The number of amides is 2. The molecule has 1 aromatic heterocycles. The summed E-state index contributed by atoms with van der Waals surface area (Å²) in [6, 6.07) is 21.5. The number of carbonyl (C=O) groups is 1. The first-order valence-corrected chi connectivity index (χ1v) is 7.67. The summed E-state index contributed by atoms with van der Waals surface area (Å²) in [6.45, 7) is 0. The summed E-state index contributed by atoms with van der Waals surface area (Å²) in [4.78, 5) is 14.2. The van der Waals surface area contributed by atoms with Crippen molar-refractivity contribution < 1.29 is 14.5 Å². The van der Waals surface area contributed by atoms with E-state index >= 15 is 0 Å². The molecule has 0 radical (unpaired) electrons. The Morgan fingerprint density at radius 1 is 0.960 bits per heavy atom. The van der Waals surface area contributed by atoms with E-state index in [9.17, 15) is 9.90 Å². The molecule has 0 fully saturated rings. The maximum atomic E-state index is 12.6. The first-order chi connectivity index (χ1) is 12.2. The van der Waals surface area contributed by atoms with E-state index < -0.39 is 6.03 Å². The fourth-order valence-corrected chi connectivity index (χ4v) is 2.29. The van der Waals surface area contributed by atoms with Crippen molar-refractivity contribution in [2.45, 2.75) is 0 Å². The van der Waals surface area contributed by atoms with E-state index in [4.69, 9.17) is 0 Å². The average Bonchev–Trinajstić information content (AvgIpc) is 2.64. The Kier molecular flexibility index (Phi) is 5.01. The minimum Gasteiger partial charge on any atom is -0.504 e. The van der Waals surface area contributed by atoms with Crippen LogP contribution in [0.4, 0.5) is 16.2 Å². The summed E-state index contributed by atoms with van der Waals surface area (Å²) >= 11 is 0. The Bertz CT molecular complexity index is 827. The van der Waals surface area contributed by atoms with Crippen LogP contribution in [0.15, 0.2) is 90.3 Å². The topological polar surface area (TPSA) is 68.8 Å². The molecule has 6 nitrogen and oxygen atoms in total. The molecule has 0 unspecified atom stereocenters. The van der Waals surface area contributed by atoms with Gasteiger partial charge in [-0.15, -0.1) is 5.43 Å². The van der Waals surface area contributed by atoms with Gasteiger partial charge in [-0.25, -0.2) is 9.36 Å². The van der Waals surface area contributed by atoms with Gasteiger partial charge in [0.1, 0.15) is 6.20 Å². The molecule has 3 aromatic rings. The molecule has 2 N–H and O–H groups in total. The molecule has 0 saturated carbocycles. The van der Waals surface area contributed by atoms with Gasteiger partial charge >= 0.3 is 12.4 Å². The molecule has 3 rings (SSSR count). The lowest BCUT2D eigenvalue weighted by Gasteiger charge is -2.20. The molecule has 0 bridgehead atoms. The van der Waals surface area contributed by atoms with Crippen LogP contribution in [0.3, 0.4) is 0 Å². The highest BCUT2D eigenvalue weighted by Gasteiger charge is 2.18. The summed E-state index contributed by atoms with van der Waals surface area (Å²) < 4.78 is 1.53. The normalized spacial score (nSPS) is 10.6. The highest BCUT2D eigenvalue weighted by Crippen LogP contribution is 2.24. The van der Waals surface area contributed by atoms with Gasteiger partial charge in [0, 0.05) is 5.10 Å². The lowest BCUT2D eigenvalue weighted by molar-refractivity contribution is -0.546. The van der Waals surface area contributed by atoms with Crippen molar-refractivity contribution in [3.05, 3.63) is 85.2 Å². The number of rotatable bonds is 4. The van der Waals surface area contributed by atoms with Crippen molar-refractivity contribution in [1.29, 1.82) is 0 Å². The van der Waals surface area contributed by atoms with E-state index in [1.165, 1.54) is 22.0 Å². The lowest BCUT2D eigenvalue weighted by atomic mass is 10.2. The van der Waals surface area contributed by atoms with Crippen LogP contribution in [0.5, 0.6) is 5.75 Å². The Morgan fingerprint density at radius 2 is 1.56 bits per heavy atom. The largest absolute Gasteiger partial charge is 0.504 e. The molecule has 0 atom stereocenters. The highest BCUT2D eigenvalue weighted by molar-refractivity contribution is 5.99. The van der Waals surface area contributed by atoms with Crippen molar-refractivity contribution in [1.82, 2.24) is 5.43 Å². The fraction of sp³-hybridized carbons (Fsp3) is 0. The first-order valence-electron chi connectivity index (χ1n) is 7.67. The summed E-state index contributed by atoms with van der Waals surface area (Å²) in [7, 11) is 0. The number of hydrazone groups is 1. The van der Waals surface area contributed by atoms with E-state index in [0.29, 0.717) is 0 Å². The fourth-order valence-electron chi connectivity index (χ4n) is 2.29. The molecule has 0 spiro atoms. The second-order valence-electron chi connectivity index (χ2n) is 5.18. The molecule has 0 saturated heterocycles. The number of benzene rings is 2. The quantitative estimate of drug-likeness (QED) is 0.333. The number of anilines is 2. The van der Waals surface area contributed by atoms with Gasteiger partial charge in [0.05, 0.1) is 17.6 Å². The van der Waals surface area contributed by atoms with Crippen LogP contribution in [-0.4, -0.2) is 17.5 Å². The van der Waals surface area contributed by atoms with Crippen LogP contribution in [0.1, 0.15) is 0 Å². The number of pyridine rings is 1. The van der Waals surface area contributed by atoms with Gasteiger partial charge in [-0.2, -0.15) is 0 Å². The van der Waals surface area contributed by atoms with Gasteiger partial charge in [0.25, 0.3) is 0 Å². The number of urea groups is 1. The second kappa shape index (κ2) is 7.74. The molecule has 124 valence electrons. The van der Waals surface area contributed by atoms with Crippen molar-refractivity contribution in [3.63, 3.8) is 0 Å². The zero-order valence-corrected chi connectivity index (χ0v) is 13.4. The number of para-hydroxylation sites is 2. The van der Waals surface area contributed by atoms with E-state index in [0.717, 1.165) is 11.4 Å². The minimum atomic E-state index is -0.394. The summed E-state index contributed by atoms with van der Waals surface area (Å²) in [5, 5.41) is 13.4. The van der Waals surface area contributed by atoms with Gasteiger partial charge < -0.3 is 5.11 Å². The Morgan fingerprint density at radius 3 is 2.12 bits per heavy atom. The van der Waals surface area contributed by atoms with Gasteiger partial charge in [-0.1, -0.05) is 36.4 Å². The number of nitrogens with zero attached hydrogens (tertiary/aromatic N) is 3. The van der Waals surface area contributed by atoms with E-state index in [2.05, 4.69) is 10.5 Å². The first kappa shape index (κ1) is 16.2. The van der Waals surface area contributed by atoms with Crippen LogP contribution in [0.2, 0.25) is 0 Å². The second-order valence-corrected chi connectivity index (χ2v) is 5.18. The molecule has 0 aliphatic rings. The third-order valence-corrected chi connectivity index (χ3v) is 3.39. The monoisotopic (exact) mass is 333 g/mol. The van der Waals surface area contributed by atoms with Crippen molar-refractivity contribution >= 4 is 23.7 Å². The van der Waals surface area contributed by atoms with Crippen molar-refractivity contribution in [2.24, 2.45) is 5.10 Å². The van der Waals surface area contributed by atoms with Gasteiger partial charge in [0.2, 0.25) is 0 Å². The molecular weight excluding hydrogens is 316 g/mol. The summed E-state index contributed by atoms with van der Waals surface area (Å²) in [5.74, 6) is 0.107. The van der Waals surface area contributed by atoms with Crippen LogP contribution in [-0.2, 0) is 0 Å². The molecule has 1 heterocycles. The number of hydrogen-bond donors (Lipinski definition) is 2. The van der Waals surface area contributed by atoms with Crippen LogP contribution in [0.25, 0.3) is 0 Å². The smallest absolute Gasteiger partial charge is 0.365 e. The maximum absolute atomic E-state index is 12.6. The van der Waals surface area contributed by atoms with Crippen LogP contribution in [0, 0.1) is 0 Å². The molecule has 0 aliphatic carbocycles. The van der Waals surface area contributed by atoms with E-state index in [-0.39, 0.29) is 5.75 Å². The van der Waals surface area contributed by atoms with E-state index in [1.54, 1.807) is 18.3 Å². The zero-order valence-electron chi connectivity index (χ0n) is 13.4. The minimum absolute atomic E-state index is 0.107. The molecule has 2 amide bonds. The van der Waals surface area contributed by atoms with Crippen LogP contribution < -0.4 is 14.9 Å². The molecule has 2 aromatic carbocycles. The Balaban J connectivity index is 1.80. The summed E-state index contributed by atoms with van der Waals surface area (Å²) in [6.07, 6.45) is 4.56. The standard InChI is InChI=1S/C19H16N4O2/c24-18-12-7-13-22(14-18)15-20-21-19(25)23(16-8-3-1-4-9-16)17-10-5-2-6-11-17/h1-15H,(H-,21,24,25)/p+1. The maximum Gasteiger partial charge on any atom is 0.365 e. The molecule has 6 heteroatoms. The predicted octanol–water partition coefficient (Wildman–Crippen LogP) is 3.02. The third-order valence-electron chi connectivity index (χ3n) is 3.39. The van der Waals surface area contributed by atoms with Gasteiger partial charge in [-0.3, -0.25) is 4.90 Å². The number of aromatic nitrogens is 1. The van der Waals surface area contributed by atoms with Crippen molar-refractivity contribution in [3.8, 4) is 5.75 Å². The SMILES string of the molecule is O=C(NN=C[n+]1cccc(O)c1)N(c1ccccc1)c1ccccc1. The lowest BCUT2D eigenvalue weighted by Crippen LogP contribution is -2.37. The molecular formula is C19H17N4O2+. The predicted molar refractivity (Wildman–Crippen MR) is 95.7 cm³/mol. The third kappa shape index (κ3) is 4.20. The number of hydrogen-bond acceptors (Lipinski definition) is 3. The number of carbonyl (C=O) groups excluding carboxylic acids is 1. The highest BCUT2D eigenvalue weighted by atomic mass is 16.3. The Hall–Kier alpha value is -3.67. The summed E-state index contributed by atoms with van der Waals surface area (Å²) in [5.41, 5.74) is 3.96. The van der Waals surface area contributed by atoms with Crippen LogP contribution >= 0.6 is 0 Å². The van der Waals surface area contributed by atoms with E-state index in [1.807, 2.05) is 60.7 Å². The average molecular weight is 333 g/mol.